The minimum absolute atomic E-state index is 0.119. The van der Waals surface area contributed by atoms with Crippen LogP contribution in [-0.4, -0.2) is 0 Å². The van der Waals surface area contributed by atoms with Crippen molar-refractivity contribution in [2.75, 3.05) is 0 Å². The fourth-order valence-corrected chi connectivity index (χ4v) is 1.02. The molecule has 1 aromatic carbocycles. The second-order valence-electron chi connectivity index (χ2n) is 2.54. The van der Waals surface area contributed by atoms with E-state index in [0.29, 0.717) is 5.56 Å². The standard InChI is InChI=1S/C10H12F/c1-3-8-5-6-9(4-2)10(11)7-8/h5,7H,3-4H2,1-2H3. The van der Waals surface area contributed by atoms with Gasteiger partial charge in [0.2, 0.25) is 0 Å². The molecule has 0 aliphatic rings. The first kappa shape index (κ1) is 8.25. The topological polar surface area (TPSA) is 0 Å². The van der Waals surface area contributed by atoms with Gasteiger partial charge in [0.1, 0.15) is 5.82 Å². The highest BCUT2D eigenvalue weighted by Crippen LogP contribution is 2.10. The van der Waals surface area contributed by atoms with E-state index in [-0.39, 0.29) is 5.82 Å². The molecule has 0 saturated heterocycles. The molecule has 0 aliphatic heterocycles. The van der Waals surface area contributed by atoms with Crippen molar-refractivity contribution in [2.24, 2.45) is 0 Å². The zero-order valence-corrected chi connectivity index (χ0v) is 6.95. The summed E-state index contributed by atoms with van der Waals surface area (Å²) >= 11 is 0. The summed E-state index contributed by atoms with van der Waals surface area (Å²) in [5.74, 6) is -0.119. The minimum atomic E-state index is -0.119. The Bertz CT molecular complexity index is 241. The molecule has 1 radical (unpaired) electrons. The van der Waals surface area contributed by atoms with Crippen LogP contribution >= 0.6 is 0 Å². The lowest BCUT2D eigenvalue weighted by Gasteiger charge is -2.00. The van der Waals surface area contributed by atoms with Crippen LogP contribution < -0.4 is 0 Å². The van der Waals surface area contributed by atoms with E-state index in [1.54, 1.807) is 6.07 Å². The Kier molecular flexibility index (Phi) is 2.64. The lowest BCUT2D eigenvalue weighted by Crippen LogP contribution is -1.90. The van der Waals surface area contributed by atoms with Crippen LogP contribution in [0, 0.1) is 11.9 Å². The number of hydrogen-bond acceptors (Lipinski definition) is 0. The highest BCUT2D eigenvalue weighted by Gasteiger charge is 1.99. The average Bonchev–Trinajstić information content (AvgIpc) is 2.04. The molecule has 1 rings (SSSR count). The number of hydrogen-bond donors (Lipinski definition) is 0. The molecule has 1 aromatic rings. The highest BCUT2D eigenvalue weighted by molar-refractivity contribution is 5.22. The summed E-state index contributed by atoms with van der Waals surface area (Å²) in [7, 11) is 0. The van der Waals surface area contributed by atoms with Gasteiger partial charge in [-0.3, -0.25) is 0 Å². The molecule has 0 unspecified atom stereocenters. The van der Waals surface area contributed by atoms with Gasteiger partial charge in [0, 0.05) is 0 Å². The van der Waals surface area contributed by atoms with E-state index < -0.39 is 0 Å². The van der Waals surface area contributed by atoms with Gasteiger partial charge in [0.05, 0.1) is 0 Å². The van der Waals surface area contributed by atoms with Crippen LogP contribution in [-0.2, 0) is 12.8 Å². The Morgan fingerprint density at radius 2 is 2.09 bits per heavy atom. The maximum atomic E-state index is 13.0. The van der Waals surface area contributed by atoms with Crippen LogP contribution in [0.4, 0.5) is 4.39 Å². The zero-order valence-electron chi connectivity index (χ0n) is 6.95. The number of rotatable bonds is 2. The number of benzene rings is 1. The summed E-state index contributed by atoms with van der Waals surface area (Å²) in [6.07, 6.45) is 1.59. The van der Waals surface area contributed by atoms with Crippen LogP contribution in [0.5, 0.6) is 0 Å². The SMILES string of the molecule is CCc1c[c]c(CC)c(F)c1. The predicted octanol–water partition coefficient (Wildman–Crippen LogP) is 2.75. The van der Waals surface area contributed by atoms with Crippen molar-refractivity contribution in [3.05, 3.63) is 35.1 Å². The molecular formula is C10H12F. The van der Waals surface area contributed by atoms with E-state index >= 15 is 0 Å². The molecule has 0 spiro atoms. The molecule has 0 bridgehead atoms. The second-order valence-corrected chi connectivity index (χ2v) is 2.54. The van der Waals surface area contributed by atoms with Crippen molar-refractivity contribution in [3.63, 3.8) is 0 Å². The van der Waals surface area contributed by atoms with Crippen LogP contribution in [0.25, 0.3) is 0 Å². The van der Waals surface area contributed by atoms with E-state index in [1.807, 2.05) is 19.9 Å². The monoisotopic (exact) mass is 151 g/mol. The maximum Gasteiger partial charge on any atom is 0.127 e. The second kappa shape index (κ2) is 3.51. The molecule has 0 N–H and O–H groups in total. The largest absolute Gasteiger partial charge is 0.207 e. The molecular weight excluding hydrogens is 139 g/mol. The molecule has 0 aromatic heterocycles. The molecule has 0 aliphatic carbocycles. The Labute approximate surface area is 67.1 Å². The molecule has 0 fully saturated rings. The smallest absolute Gasteiger partial charge is 0.127 e. The fraction of sp³-hybridized carbons (Fsp3) is 0.400. The van der Waals surface area contributed by atoms with E-state index in [0.717, 1.165) is 18.4 Å². The van der Waals surface area contributed by atoms with E-state index in [9.17, 15) is 4.39 Å². The van der Waals surface area contributed by atoms with E-state index in [2.05, 4.69) is 6.07 Å². The van der Waals surface area contributed by atoms with Crippen molar-refractivity contribution < 1.29 is 4.39 Å². The number of aryl methyl sites for hydroxylation is 2. The van der Waals surface area contributed by atoms with Gasteiger partial charge in [-0.2, -0.15) is 0 Å². The van der Waals surface area contributed by atoms with Gasteiger partial charge in [0.25, 0.3) is 0 Å². The van der Waals surface area contributed by atoms with Gasteiger partial charge in [-0.1, -0.05) is 19.9 Å². The zero-order chi connectivity index (χ0) is 8.27. The van der Waals surface area contributed by atoms with Gasteiger partial charge in [-0.25, -0.2) is 4.39 Å². The first-order chi connectivity index (χ1) is 5.27. The third-order valence-electron chi connectivity index (χ3n) is 1.79. The summed E-state index contributed by atoms with van der Waals surface area (Å²) in [4.78, 5) is 0. The third-order valence-corrected chi connectivity index (χ3v) is 1.79. The number of halogens is 1. The quantitative estimate of drug-likeness (QED) is 0.609. The van der Waals surface area contributed by atoms with Gasteiger partial charge in [0.15, 0.2) is 0 Å². The molecule has 0 nitrogen and oxygen atoms in total. The normalized spacial score (nSPS) is 10.1. The molecule has 59 valence electrons. The van der Waals surface area contributed by atoms with Gasteiger partial charge >= 0.3 is 0 Å². The van der Waals surface area contributed by atoms with Crippen molar-refractivity contribution in [3.8, 4) is 0 Å². The summed E-state index contributed by atoms with van der Waals surface area (Å²) in [6, 6.07) is 6.39. The van der Waals surface area contributed by atoms with Crippen molar-refractivity contribution in [2.45, 2.75) is 26.7 Å². The lowest BCUT2D eigenvalue weighted by atomic mass is 10.1. The van der Waals surface area contributed by atoms with E-state index in [4.69, 9.17) is 0 Å². The molecule has 11 heavy (non-hydrogen) atoms. The van der Waals surface area contributed by atoms with Crippen molar-refractivity contribution >= 4 is 0 Å². The van der Waals surface area contributed by atoms with Crippen LogP contribution in [0.3, 0.4) is 0 Å². The van der Waals surface area contributed by atoms with Crippen LogP contribution in [0.1, 0.15) is 25.0 Å². The van der Waals surface area contributed by atoms with Gasteiger partial charge < -0.3 is 0 Å². The molecule has 0 atom stereocenters. The average molecular weight is 151 g/mol. The summed E-state index contributed by atoms with van der Waals surface area (Å²) in [5, 5.41) is 0. The fourth-order valence-electron chi connectivity index (χ4n) is 1.02. The summed E-state index contributed by atoms with van der Waals surface area (Å²) < 4.78 is 13.0. The minimum Gasteiger partial charge on any atom is -0.207 e. The first-order valence-electron chi connectivity index (χ1n) is 3.97. The Morgan fingerprint density at radius 1 is 1.36 bits per heavy atom. The van der Waals surface area contributed by atoms with E-state index in [1.165, 1.54) is 0 Å². The van der Waals surface area contributed by atoms with Gasteiger partial charge in [-0.15, -0.1) is 0 Å². The molecule has 1 heteroatoms. The van der Waals surface area contributed by atoms with Crippen molar-refractivity contribution in [1.29, 1.82) is 0 Å². The lowest BCUT2D eigenvalue weighted by molar-refractivity contribution is 0.609. The first-order valence-corrected chi connectivity index (χ1v) is 3.97. The Balaban J connectivity index is 2.99. The molecule has 0 saturated carbocycles. The summed E-state index contributed by atoms with van der Waals surface area (Å²) in [6.45, 7) is 3.94. The van der Waals surface area contributed by atoms with Crippen LogP contribution in [0.15, 0.2) is 12.1 Å². The highest BCUT2D eigenvalue weighted by atomic mass is 19.1. The van der Waals surface area contributed by atoms with Gasteiger partial charge in [-0.05, 0) is 36.1 Å². The Hall–Kier alpha value is -0.850. The van der Waals surface area contributed by atoms with Crippen molar-refractivity contribution in [1.82, 2.24) is 0 Å². The third kappa shape index (κ3) is 1.79. The van der Waals surface area contributed by atoms with Crippen LogP contribution in [0.2, 0.25) is 0 Å². The predicted molar refractivity (Wildman–Crippen MR) is 44.0 cm³/mol. The molecule has 0 heterocycles. The molecule has 0 amide bonds. The Morgan fingerprint density at radius 3 is 2.55 bits per heavy atom. The summed E-state index contributed by atoms with van der Waals surface area (Å²) in [5.41, 5.74) is 1.70. The maximum absolute atomic E-state index is 13.0.